The second kappa shape index (κ2) is 7.25. The number of piperidine rings is 1. The number of rotatable bonds is 4. The van der Waals surface area contributed by atoms with Gasteiger partial charge >= 0.3 is 0 Å². The first-order valence-electron chi connectivity index (χ1n) is 7.93. The molecule has 0 aromatic carbocycles. The molecule has 4 nitrogen and oxygen atoms in total. The van der Waals surface area contributed by atoms with Gasteiger partial charge in [-0.3, -0.25) is 4.99 Å². The van der Waals surface area contributed by atoms with E-state index in [-0.39, 0.29) is 0 Å². The molecule has 1 N–H and O–H groups in total. The number of nitrogens with one attached hydrogen (secondary N) is 1. The molecule has 1 saturated heterocycles. The lowest BCUT2D eigenvalue weighted by Gasteiger charge is -2.42. The average Bonchev–Trinajstić information content (AvgIpc) is 2.85. The van der Waals surface area contributed by atoms with Crippen LogP contribution in [0.5, 0.6) is 0 Å². The molecule has 1 aromatic heterocycles. The molecule has 1 aromatic rings. The Bertz CT molecular complexity index is 478. The van der Waals surface area contributed by atoms with Crippen LogP contribution in [0.1, 0.15) is 49.4 Å². The fraction of sp³-hybridized carbons (Fsp3) is 0.750. The van der Waals surface area contributed by atoms with E-state index in [2.05, 4.69) is 34.0 Å². The van der Waals surface area contributed by atoms with E-state index in [0.717, 1.165) is 30.6 Å². The van der Waals surface area contributed by atoms with Gasteiger partial charge in [-0.05, 0) is 31.6 Å². The van der Waals surface area contributed by atoms with Crippen LogP contribution >= 0.6 is 11.3 Å². The van der Waals surface area contributed by atoms with Crippen LogP contribution in [0.2, 0.25) is 0 Å². The zero-order valence-electron chi connectivity index (χ0n) is 13.8. The molecule has 1 aliphatic heterocycles. The van der Waals surface area contributed by atoms with Crippen LogP contribution in [-0.2, 0) is 6.54 Å². The molecule has 118 valence electrons. The van der Waals surface area contributed by atoms with Crippen LogP contribution < -0.4 is 5.32 Å². The lowest BCUT2D eigenvalue weighted by Crippen LogP contribution is -2.49. The molecule has 1 unspecified atom stereocenters. The molecule has 0 amide bonds. The zero-order valence-corrected chi connectivity index (χ0v) is 14.6. The zero-order chi connectivity index (χ0) is 15.3. The molecular weight excluding hydrogens is 280 g/mol. The number of thiazole rings is 1. The summed E-state index contributed by atoms with van der Waals surface area (Å²) < 4.78 is 0. The smallest absolute Gasteiger partial charge is 0.193 e. The van der Waals surface area contributed by atoms with Crippen LogP contribution in [0.25, 0.3) is 0 Å². The van der Waals surface area contributed by atoms with Gasteiger partial charge in [0.1, 0.15) is 0 Å². The molecule has 0 aliphatic carbocycles. The summed E-state index contributed by atoms with van der Waals surface area (Å²) in [5.41, 5.74) is 0.436. The fourth-order valence-electron chi connectivity index (χ4n) is 3.29. The molecule has 0 bridgehead atoms. The Kier molecular flexibility index (Phi) is 5.62. The highest BCUT2D eigenvalue weighted by Crippen LogP contribution is 2.33. The molecule has 1 fully saturated rings. The summed E-state index contributed by atoms with van der Waals surface area (Å²) in [4.78, 5) is 12.5. The average molecular weight is 308 g/mol. The molecule has 0 saturated carbocycles. The monoisotopic (exact) mass is 308 g/mol. The molecule has 2 heterocycles. The molecular formula is C16H28N4S. The predicted octanol–water partition coefficient (Wildman–Crippen LogP) is 3.43. The van der Waals surface area contributed by atoms with Crippen molar-refractivity contribution in [2.45, 2.75) is 53.0 Å². The van der Waals surface area contributed by atoms with Gasteiger partial charge in [0.15, 0.2) is 5.96 Å². The first-order chi connectivity index (χ1) is 10.1. The second-order valence-corrected chi connectivity index (χ2v) is 7.65. The third-order valence-electron chi connectivity index (χ3n) is 4.24. The topological polar surface area (TPSA) is 40.5 Å². The number of nitrogens with zero attached hydrogens (tertiary/aromatic N) is 3. The van der Waals surface area contributed by atoms with E-state index in [1.54, 1.807) is 11.3 Å². The van der Waals surface area contributed by atoms with Gasteiger partial charge in [-0.2, -0.15) is 0 Å². The van der Waals surface area contributed by atoms with Crippen LogP contribution in [-0.4, -0.2) is 36.0 Å². The Labute approximate surface area is 132 Å². The van der Waals surface area contributed by atoms with Gasteiger partial charge in [0.2, 0.25) is 0 Å². The highest BCUT2D eigenvalue weighted by atomic mass is 32.1. The third-order valence-corrected chi connectivity index (χ3v) is 5.15. The van der Waals surface area contributed by atoms with Crippen molar-refractivity contribution in [1.29, 1.82) is 0 Å². The van der Waals surface area contributed by atoms with Gasteiger partial charge in [-0.25, -0.2) is 4.98 Å². The van der Waals surface area contributed by atoms with E-state index >= 15 is 0 Å². The highest BCUT2D eigenvalue weighted by Gasteiger charge is 2.31. The lowest BCUT2D eigenvalue weighted by molar-refractivity contribution is 0.142. The summed E-state index contributed by atoms with van der Waals surface area (Å²) in [5, 5.41) is 4.62. The molecule has 1 aliphatic rings. The van der Waals surface area contributed by atoms with Crippen molar-refractivity contribution in [3.63, 3.8) is 0 Å². The van der Waals surface area contributed by atoms with Gasteiger partial charge < -0.3 is 10.2 Å². The van der Waals surface area contributed by atoms with Crippen molar-refractivity contribution in [1.82, 2.24) is 15.2 Å². The number of aliphatic imine (C=N–C) groups is 1. The van der Waals surface area contributed by atoms with E-state index in [9.17, 15) is 0 Å². The first-order valence-corrected chi connectivity index (χ1v) is 8.75. The minimum Gasteiger partial charge on any atom is -0.351 e. The van der Waals surface area contributed by atoms with E-state index in [1.165, 1.54) is 30.6 Å². The molecule has 0 radical (unpaired) electrons. The standard InChI is InChI=1S/C16H28N4S/c1-5-7-16(3)8-6-9-20(12-16)15(17-4)19-11-14-10-18-13(2)21-14/h10H,5-9,11-12H2,1-4H3,(H,17,19). The summed E-state index contributed by atoms with van der Waals surface area (Å²) in [5.74, 6) is 1.03. The minimum atomic E-state index is 0.436. The predicted molar refractivity (Wildman–Crippen MR) is 90.9 cm³/mol. The summed E-state index contributed by atoms with van der Waals surface area (Å²) in [7, 11) is 1.88. The van der Waals surface area contributed by atoms with Crippen molar-refractivity contribution in [2.24, 2.45) is 10.4 Å². The first kappa shape index (κ1) is 16.3. The summed E-state index contributed by atoms with van der Waals surface area (Å²) in [6, 6.07) is 0. The SMILES string of the molecule is CCCC1(C)CCCN(C(=NC)NCc2cnc(C)s2)C1. The Morgan fingerprint density at radius 3 is 3.00 bits per heavy atom. The normalized spacial score (nSPS) is 23.4. The van der Waals surface area contributed by atoms with Crippen molar-refractivity contribution in [2.75, 3.05) is 20.1 Å². The van der Waals surface area contributed by atoms with Gasteiger partial charge in [0, 0.05) is 31.2 Å². The molecule has 5 heteroatoms. The van der Waals surface area contributed by atoms with Gasteiger partial charge in [-0.15, -0.1) is 11.3 Å². The highest BCUT2D eigenvalue weighted by molar-refractivity contribution is 7.11. The largest absolute Gasteiger partial charge is 0.351 e. The van der Waals surface area contributed by atoms with Crippen molar-refractivity contribution < 1.29 is 0 Å². The fourth-order valence-corrected chi connectivity index (χ4v) is 4.02. The molecule has 21 heavy (non-hydrogen) atoms. The maximum absolute atomic E-state index is 4.47. The Morgan fingerprint density at radius 1 is 1.57 bits per heavy atom. The van der Waals surface area contributed by atoms with Crippen LogP contribution in [0.15, 0.2) is 11.2 Å². The van der Waals surface area contributed by atoms with Crippen molar-refractivity contribution in [3.05, 3.63) is 16.1 Å². The number of aryl methyl sites for hydroxylation is 1. The maximum atomic E-state index is 4.47. The number of guanidine groups is 1. The van der Waals surface area contributed by atoms with Crippen molar-refractivity contribution >= 4 is 17.3 Å². The number of hydrogen-bond acceptors (Lipinski definition) is 3. The van der Waals surface area contributed by atoms with Crippen LogP contribution in [0.4, 0.5) is 0 Å². The Hall–Kier alpha value is -1.10. The minimum absolute atomic E-state index is 0.436. The number of hydrogen-bond donors (Lipinski definition) is 1. The lowest BCUT2D eigenvalue weighted by atomic mass is 9.78. The molecule has 2 rings (SSSR count). The third kappa shape index (κ3) is 4.43. The summed E-state index contributed by atoms with van der Waals surface area (Å²) in [6.07, 6.45) is 7.11. The Morgan fingerprint density at radius 2 is 2.38 bits per heavy atom. The maximum Gasteiger partial charge on any atom is 0.193 e. The number of aromatic nitrogens is 1. The van der Waals surface area contributed by atoms with Crippen LogP contribution in [0.3, 0.4) is 0 Å². The summed E-state index contributed by atoms with van der Waals surface area (Å²) in [6.45, 7) is 9.79. The second-order valence-electron chi connectivity index (χ2n) is 6.33. The van der Waals surface area contributed by atoms with Crippen molar-refractivity contribution in [3.8, 4) is 0 Å². The van der Waals surface area contributed by atoms with E-state index in [0.29, 0.717) is 5.41 Å². The van der Waals surface area contributed by atoms with E-state index < -0.39 is 0 Å². The van der Waals surface area contributed by atoms with E-state index in [1.807, 2.05) is 20.2 Å². The Balaban J connectivity index is 1.94. The van der Waals surface area contributed by atoms with E-state index in [4.69, 9.17) is 0 Å². The quantitative estimate of drug-likeness (QED) is 0.684. The van der Waals surface area contributed by atoms with Gasteiger partial charge in [0.05, 0.1) is 11.6 Å². The number of likely N-dealkylation sites (tertiary alicyclic amines) is 1. The van der Waals surface area contributed by atoms with Gasteiger partial charge in [-0.1, -0.05) is 20.3 Å². The van der Waals surface area contributed by atoms with Gasteiger partial charge in [0.25, 0.3) is 0 Å². The summed E-state index contributed by atoms with van der Waals surface area (Å²) >= 11 is 1.75. The molecule has 1 atom stereocenters. The molecule has 0 spiro atoms. The van der Waals surface area contributed by atoms with Crippen LogP contribution in [0, 0.1) is 12.3 Å².